The van der Waals surface area contributed by atoms with Gasteiger partial charge in [0, 0.05) is 25.7 Å². The third-order valence-electron chi connectivity index (χ3n) is 3.49. The molecule has 1 atom stereocenters. The highest BCUT2D eigenvalue weighted by molar-refractivity contribution is 14.1. The first kappa shape index (κ1) is 15.9. The van der Waals surface area contributed by atoms with Crippen LogP contribution in [-0.2, 0) is 4.74 Å². The largest absolute Gasteiger partial charge is 0.369 e. The second-order valence-electron chi connectivity index (χ2n) is 5.31. The normalized spacial score (nSPS) is 20.4. The Morgan fingerprint density at radius 1 is 1.45 bits per heavy atom. The highest BCUT2D eigenvalue weighted by atomic mass is 127. The number of nitrogens with one attached hydrogen (secondary N) is 1. The van der Waals surface area contributed by atoms with Gasteiger partial charge in [-0.25, -0.2) is 9.97 Å². The summed E-state index contributed by atoms with van der Waals surface area (Å²) in [6, 6.07) is 0.527. The lowest BCUT2D eigenvalue weighted by atomic mass is 10.2. The summed E-state index contributed by atoms with van der Waals surface area (Å²) in [6.07, 6.45) is -0.0285. The van der Waals surface area contributed by atoms with Gasteiger partial charge in [-0.3, -0.25) is 4.90 Å². The number of morpholine rings is 1. The van der Waals surface area contributed by atoms with Crippen molar-refractivity contribution >= 4 is 28.4 Å². The topological polar surface area (TPSA) is 50.3 Å². The van der Waals surface area contributed by atoms with Crippen LogP contribution < -0.4 is 5.32 Å². The van der Waals surface area contributed by atoms with Gasteiger partial charge in [0.25, 0.3) is 0 Å². The fourth-order valence-corrected chi connectivity index (χ4v) is 2.74. The Balaban J connectivity index is 2.23. The lowest BCUT2D eigenvalue weighted by molar-refractivity contribution is -0.0443. The van der Waals surface area contributed by atoms with Gasteiger partial charge in [-0.2, -0.15) is 0 Å². The SMILES string of the molecule is CCNc1nc(C2CN(C(C)C)CCO2)nc(C)c1I. The number of hydrogen-bond donors (Lipinski definition) is 1. The molecular formula is C14H23IN4O. The molecule has 5 nitrogen and oxygen atoms in total. The predicted molar refractivity (Wildman–Crippen MR) is 89.1 cm³/mol. The fourth-order valence-electron chi connectivity index (χ4n) is 2.30. The number of aryl methyl sites for hydroxylation is 1. The van der Waals surface area contributed by atoms with Crippen LogP contribution in [0.5, 0.6) is 0 Å². The second-order valence-corrected chi connectivity index (χ2v) is 6.39. The van der Waals surface area contributed by atoms with Gasteiger partial charge < -0.3 is 10.1 Å². The monoisotopic (exact) mass is 390 g/mol. The highest BCUT2D eigenvalue weighted by Gasteiger charge is 2.26. The molecule has 1 unspecified atom stereocenters. The van der Waals surface area contributed by atoms with Crippen LogP contribution in [0.25, 0.3) is 0 Å². The van der Waals surface area contributed by atoms with Crippen molar-refractivity contribution in [3.8, 4) is 0 Å². The molecule has 0 saturated carbocycles. The van der Waals surface area contributed by atoms with Crippen molar-refractivity contribution in [3.63, 3.8) is 0 Å². The van der Waals surface area contributed by atoms with E-state index >= 15 is 0 Å². The van der Waals surface area contributed by atoms with Crippen molar-refractivity contribution < 1.29 is 4.74 Å². The summed E-state index contributed by atoms with van der Waals surface area (Å²) in [4.78, 5) is 11.7. The van der Waals surface area contributed by atoms with E-state index in [1.807, 2.05) is 6.92 Å². The molecular weight excluding hydrogens is 367 g/mol. The number of ether oxygens (including phenoxy) is 1. The number of anilines is 1. The second kappa shape index (κ2) is 7.00. The fraction of sp³-hybridized carbons (Fsp3) is 0.714. The summed E-state index contributed by atoms with van der Waals surface area (Å²) < 4.78 is 6.96. The van der Waals surface area contributed by atoms with Gasteiger partial charge >= 0.3 is 0 Å². The molecule has 2 heterocycles. The summed E-state index contributed by atoms with van der Waals surface area (Å²) >= 11 is 2.29. The Morgan fingerprint density at radius 2 is 2.20 bits per heavy atom. The lowest BCUT2D eigenvalue weighted by Crippen LogP contribution is -2.42. The van der Waals surface area contributed by atoms with Gasteiger partial charge in [0.15, 0.2) is 5.82 Å². The number of nitrogens with zero attached hydrogens (tertiary/aromatic N) is 3. The Kier molecular flexibility index (Phi) is 5.57. The molecule has 2 rings (SSSR count). The Labute approximate surface area is 134 Å². The van der Waals surface area contributed by atoms with E-state index in [-0.39, 0.29) is 6.10 Å². The van der Waals surface area contributed by atoms with Crippen molar-refractivity contribution in [2.45, 2.75) is 39.8 Å². The van der Waals surface area contributed by atoms with Gasteiger partial charge in [-0.15, -0.1) is 0 Å². The molecule has 0 aromatic carbocycles. The summed E-state index contributed by atoms with van der Waals surface area (Å²) in [5, 5.41) is 3.30. The molecule has 1 saturated heterocycles. The zero-order chi connectivity index (χ0) is 14.7. The first-order valence-corrected chi connectivity index (χ1v) is 8.24. The minimum Gasteiger partial charge on any atom is -0.369 e. The highest BCUT2D eigenvalue weighted by Crippen LogP contribution is 2.25. The average molecular weight is 390 g/mol. The Morgan fingerprint density at radius 3 is 2.85 bits per heavy atom. The molecule has 1 aromatic heterocycles. The molecule has 112 valence electrons. The number of hydrogen-bond acceptors (Lipinski definition) is 5. The van der Waals surface area contributed by atoms with Crippen LogP contribution in [-0.4, -0.2) is 47.2 Å². The maximum Gasteiger partial charge on any atom is 0.161 e. The summed E-state index contributed by atoms with van der Waals surface area (Å²) in [6.45, 7) is 12.0. The van der Waals surface area contributed by atoms with Crippen molar-refractivity contribution in [2.75, 3.05) is 31.6 Å². The number of halogens is 1. The third-order valence-corrected chi connectivity index (χ3v) is 4.79. The van der Waals surface area contributed by atoms with E-state index in [0.717, 1.165) is 47.1 Å². The number of rotatable bonds is 4. The smallest absolute Gasteiger partial charge is 0.161 e. The molecule has 0 bridgehead atoms. The van der Waals surface area contributed by atoms with Gasteiger partial charge in [-0.05, 0) is 50.3 Å². The molecule has 0 aliphatic carbocycles. The van der Waals surface area contributed by atoms with Crippen LogP contribution in [0.1, 0.15) is 38.4 Å². The third kappa shape index (κ3) is 3.59. The molecule has 0 radical (unpaired) electrons. The minimum absolute atomic E-state index is 0.0285. The standard InChI is InChI=1S/C14H23IN4O/c1-5-16-14-12(15)10(4)17-13(18-14)11-8-19(9(2)3)6-7-20-11/h9,11H,5-8H2,1-4H3,(H,16,17,18). The zero-order valence-electron chi connectivity index (χ0n) is 12.6. The molecule has 1 aliphatic heterocycles. The minimum atomic E-state index is -0.0285. The lowest BCUT2D eigenvalue weighted by Gasteiger charge is -2.34. The summed E-state index contributed by atoms with van der Waals surface area (Å²) in [7, 11) is 0. The number of aromatic nitrogens is 2. The van der Waals surface area contributed by atoms with Gasteiger partial charge in [-0.1, -0.05) is 0 Å². The molecule has 1 aromatic rings. The zero-order valence-corrected chi connectivity index (χ0v) is 14.8. The first-order valence-electron chi connectivity index (χ1n) is 7.16. The Bertz CT molecular complexity index is 467. The van der Waals surface area contributed by atoms with Crippen molar-refractivity contribution in [2.24, 2.45) is 0 Å². The van der Waals surface area contributed by atoms with Crippen molar-refractivity contribution in [1.29, 1.82) is 0 Å². The van der Waals surface area contributed by atoms with E-state index in [1.54, 1.807) is 0 Å². The van der Waals surface area contributed by atoms with Crippen LogP contribution in [0.2, 0.25) is 0 Å². The summed E-state index contributed by atoms with van der Waals surface area (Å²) in [5.74, 6) is 1.71. The van der Waals surface area contributed by atoms with Gasteiger partial charge in [0.05, 0.1) is 15.9 Å². The predicted octanol–water partition coefficient (Wildman–Crippen LogP) is 2.60. The van der Waals surface area contributed by atoms with E-state index < -0.39 is 0 Å². The van der Waals surface area contributed by atoms with Crippen molar-refractivity contribution in [3.05, 3.63) is 15.1 Å². The maximum atomic E-state index is 5.88. The molecule has 1 aliphatic rings. The van der Waals surface area contributed by atoms with E-state index in [0.29, 0.717) is 6.04 Å². The Hall–Kier alpha value is -0.470. The molecule has 6 heteroatoms. The average Bonchev–Trinajstić information content (AvgIpc) is 2.44. The van der Waals surface area contributed by atoms with Crippen molar-refractivity contribution in [1.82, 2.24) is 14.9 Å². The molecule has 20 heavy (non-hydrogen) atoms. The van der Waals surface area contributed by atoms with Gasteiger partial charge in [0.2, 0.25) is 0 Å². The molecule has 1 N–H and O–H groups in total. The van der Waals surface area contributed by atoms with Crippen LogP contribution in [0.15, 0.2) is 0 Å². The van der Waals surface area contributed by atoms with E-state index in [9.17, 15) is 0 Å². The van der Waals surface area contributed by atoms with Crippen LogP contribution >= 0.6 is 22.6 Å². The quantitative estimate of drug-likeness (QED) is 0.802. The summed E-state index contributed by atoms with van der Waals surface area (Å²) in [5.41, 5.74) is 1.01. The van der Waals surface area contributed by atoms with Crippen LogP contribution in [0, 0.1) is 10.5 Å². The van der Waals surface area contributed by atoms with Crippen LogP contribution in [0.3, 0.4) is 0 Å². The molecule has 0 spiro atoms. The van der Waals surface area contributed by atoms with Gasteiger partial charge in [0.1, 0.15) is 11.9 Å². The first-order chi connectivity index (χ1) is 9.52. The van der Waals surface area contributed by atoms with E-state index in [1.165, 1.54) is 0 Å². The molecule has 1 fully saturated rings. The maximum absolute atomic E-state index is 5.88. The molecule has 0 amide bonds. The van der Waals surface area contributed by atoms with E-state index in [4.69, 9.17) is 4.74 Å². The van der Waals surface area contributed by atoms with Crippen LogP contribution in [0.4, 0.5) is 5.82 Å². The van der Waals surface area contributed by atoms with E-state index in [2.05, 4.69) is 63.5 Å².